The molecule has 0 saturated carbocycles. The second kappa shape index (κ2) is 5.08. The monoisotopic (exact) mass is 324 g/mol. The Morgan fingerprint density at radius 1 is 0.880 bits per heavy atom. The smallest absolute Gasteiger partial charge is 0.256 e. The second-order valence-electron chi connectivity index (χ2n) is 6.41. The molecule has 25 heavy (non-hydrogen) atoms. The van der Waals surface area contributed by atoms with E-state index < -0.39 is 0 Å². The lowest BCUT2D eigenvalue weighted by atomic mass is 10.0. The summed E-state index contributed by atoms with van der Waals surface area (Å²) >= 11 is 0. The summed E-state index contributed by atoms with van der Waals surface area (Å²) in [6, 6.07) is 22.6. The molecule has 1 amide bonds. The Kier molecular flexibility index (Phi) is 2.86. The molecule has 5 rings (SSSR count). The van der Waals surface area contributed by atoms with Crippen molar-refractivity contribution in [2.75, 3.05) is 5.32 Å². The molecule has 2 heterocycles. The molecule has 0 aliphatic carbocycles. The van der Waals surface area contributed by atoms with E-state index in [1.807, 2.05) is 30.3 Å². The molecular formula is C22H16N2O. The van der Waals surface area contributed by atoms with Crippen LogP contribution < -0.4 is 5.32 Å². The van der Waals surface area contributed by atoms with Crippen molar-refractivity contribution in [1.29, 1.82) is 0 Å². The van der Waals surface area contributed by atoms with Crippen molar-refractivity contribution in [1.82, 2.24) is 4.57 Å². The highest BCUT2D eigenvalue weighted by Gasteiger charge is 2.23. The molecule has 0 radical (unpaired) electrons. The maximum Gasteiger partial charge on any atom is 0.256 e. The van der Waals surface area contributed by atoms with Gasteiger partial charge in [-0.05, 0) is 35.9 Å². The zero-order valence-electron chi connectivity index (χ0n) is 13.8. The third kappa shape index (κ3) is 2.02. The van der Waals surface area contributed by atoms with Gasteiger partial charge < -0.3 is 9.88 Å². The molecule has 120 valence electrons. The first kappa shape index (κ1) is 14.1. The molecule has 1 N–H and O–H groups in total. The second-order valence-corrected chi connectivity index (χ2v) is 6.41. The van der Waals surface area contributed by atoms with Gasteiger partial charge in [-0.15, -0.1) is 0 Å². The highest BCUT2D eigenvalue weighted by atomic mass is 16.2. The van der Waals surface area contributed by atoms with Crippen molar-refractivity contribution in [3.8, 4) is 0 Å². The van der Waals surface area contributed by atoms with Gasteiger partial charge in [-0.25, -0.2) is 0 Å². The molecule has 4 aromatic rings. The number of carbonyl (C=O) groups is 1. The normalized spacial score (nSPS) is 15.1. The number of hydrogen-bond donors (Lipinski definition) is 1. The number of rotatable bonds is 1. The molecular weight excluding hydrogens is 308 g/mol. The van der Waals surface area contributed by atoms with E-state index in [9.17, 15) is 4.79 Å². The number of fused-ring (bicyclic) bond motifs is 4. The lowest BCUT2D eigenvalue weighted by Crippen LogP contribution is -2.03. The minimum Gasteiger partial charge on any atom is -0.344 e. The summed E-state index contributed by atoms with van der Waals surface area (Å²) < 4.78 is 2.21. The largest absolute Gasteiger partial charge is 0.344 e. The van der Waals surface area contributed by atoms with E-state index in [0.29, 0.717) is 0 Å². The van der Waals surface area contributed by atoms with Crippen molar-refractivity contribution < 1.29 is 4.79 Å². The summed E-state index contributed by atoms with van der Waals surface area (Å²) in [5, 5.41) is 5.37. The fourth-order valence-electron chi connectivity index (χ4n) is 3.72. The molecule has 0 bridgehead atoms. The van der Waals surface area contributed by atoms with Crippen LogP contribution in [0.4, 0.5) is 5.69 Å². The van der Waals surface area contributed by atoms with Gasteiger partial charge in [0.15, 0.2) is 0 Å². The van der Waals surface area contributed by atoms with Crippen LogP contribution in [0.2, 0.25) is 0 Å². The van der Waals surface area contributed by atoms with Crippen molar-refractivity contribution >= 4 is 45.0 Å². The molecule has 3 nitrogen and oxygen atoms in total. The Bertz CT molecular complexity index is 1200. The average molecular weight is 324 g/mol. The Morgan fingerprint density at radius 3 is 2.56 bits per heavy atom. The fourth-order valence-corrected chi connectivity index (χ4v) is 3.72. The molecule has 0 spiro atoms. The van der Waals surface area contributed by atoms with Gasteiger partial charge in [0.1, 0.15) is 0 Å². The number of carbonyl (C=O) groups excluding carboxylic acids is 1. The van der Waals surface area contributed by atoms with Crippen LogP contribution in [0.15, 0.2) is 66.7 Å². The predicted octanol–water partition coefficient (Wildman–Crippen LogP) is 4.82. The van der Waals surface area contributed by atoms with Crippen LogP contribution in [-0.4, -0.2) is 10.5 Å². The third-order valence-electron chi connectivity index (χ3n) is 4.96. The first-order chi connectivity index (χ1) is 12.2. The summed E-state index contributed by atoms with van der Waals surface area (Å²) in [6.45, 7) is 0. The van der Waals surface area contributed by atoms with Crippen LogP contribution in [0.3, 0.4) is 0 Å². The van der Waals surface area contributed by atoms with E-state index in [4.69, 9.17) is 0 Å². The number of benzene rings is 3. The van der Waals surface area contributed by atoms with Crippen LogP contribution >= 0.6 is 0 Å². The number of anilines is 1. The number of nitrogens with zero attached hydrogens (tertiary/aromatic N) is 1. The first-order valence-corrected chi connectivity index (χ1v) is 8.32. The van der Waals surface area contributed by atoms with Crippen molar-refractivity contribution in [3.63, 3.8) is 0 Å². The standard InChI is InChI=1S/C22H16N2O/c1-24-20-9-5-3-7-16(20)17-12-14(10-11-21(17)24)13-18-15-6-2-4-8-19(15)23-22(18)25/h2-13H,1H3,(H,23,25). The highest BCUT2D eigenvalue weighted by molar-refractivity contribution is 6.35. The quantitative estimate of drug-likeness (QED) is 0.500. The zero-order valence-corrected chi connectivity index (χ0v) is 13.8. The van der Waals surface area contributed by atoms with Gasteiger partial charge in [0.25, 0.3) is 5.91 Å². The van der Waals surface area contributed by atoms with Crippen molar-refractivity contribution in [2.24, 2.45) is 7.05 Å². The van der Waals surface area contributed by atoms with Gasteiger partial charge in [-0.2, -0.15) is 0 Å². The molecule has 1 aliphatic heterocycles. The predicted molar refractivity (Wildman–Crippen MR) is 103 cm³/mol. The first-order valence-electron chi connectivity index (χ1n) is 8.32. The van der Waals surface area contributed by atoms with E-state index in [0.717, 1.165) is 22.4 Å². The molecule has 3 aromatic carbocycles. The lowest BCUT2D eigenvalue weighted by Gasteiger charge is -2.01. The Hall–Kier alpha value is -3.33. The number of amides is 1. The minimum atomic E-state index is -0.0424. The lowest BCUT2D eigenvalue weighted by molar-refractivity contribution is -0.110. The molecule has 0 fully saturated rings. The topological polar surface area (TPSA) is 34.0 Å². The Labute approximate surface area is 145 Å². The highest BCUT2D eigenvalue weighted by Crippen LogP contribution is 2.34. The van der Waals surface area contributed by atoms with Gasteiger partial charge >= 0.3 is 0 Å². The van der Waals surface area contributed by atoms with Gasteiger partial charge in [0.05, 0.1) is 0 Å². The maximum absolute atomic E-state index is 12.3. The van der Waals surface area contributed by atoms with E-state index in [1.165, 1.54) is 21.8 Å². The molecule has 1 aromatic heterocycles. The number of para-hydroxylation sites is 2. The number of hydrogen-bond acceptors (Lipinski definition) is 1. The maximum atomic E-state index is 12.3. The molecule has 1 aliphatic rings. The van der Waals surface area contributed by atoms with Gasteiger partial charge in [0, 0.05) is 45.7 Å². The van der Waals surface area contributed by atoms with Crippen LogP contribution in [0, 0.1) is 0 Å². The Morgan fingerprint density at radius 2 is 1.64 bits per heavy atom. The summed E-state index contributed by atoms with van der Waals surface area (Å²) in [5.74, 6) is -0.0424. The molecule has 0 saturated heterocycles. The Balaban J connectivity index is 1.72. The average Bonchev–Trinajstić information content (AvgIpc) is 3.11. The third-order valence-corrected chi connectivity index (χ3v) is 4.96. The zero-order chi connectivity index (χ0) is 17.0. The van der Waals surface area contributed by atoms with Gasteiger partial charge in [0.2, 0.25) is 0 Å². The number of aromatic nitrogens is 1. The van der Waals surface area contributed by atoms with Crippen LogP contribution in [0.5, 0.6) is 0 Å². The summed E-state index contributed by atoms with van der Waals surface area (Å²) in [6.07, 6.45) is 1.97. The minimum absolute atomic E-state index is 0.0424. The van der Waals surface area contributed by atoms with E-state index in [-0.39, 0.29) is 5.91 Å². The van der Waals surface area contributed by atoms with Crippen LogP contribution in [-0.2, 0) is 11.8 Å². The number of aryl methyl sites for hydroxylation is 1. The molecule has 0 unspecified atom stereocenters. The van der Waals surface area contributed by atoms with Crippen molar-refractivity contribution in [2.45, 2.75) is 0 Å². The summed E-state index contributed by atoms with van der Waals surface area (Å²) in [4.78, 5) is 12.3. The molecule has 0 atom stereocenters. The number of nitrogens with one attached hydrogen (secondary N) is 1. The molecule has 3 heteroatoms. The van der Waals surface area contributed by atoms with Crippen molar-refractivity contribution in [3.05, 3.63) is 77.9 Å². The van der Waals surface area contributed by atoms with Gasteiger partial charge in [-0.1, -0.05) is 42.5 Å². The summed E-state index contributed by atoms with van der Waals surface area (Å²) in [5.41, 5.74) is 6.00. The fraction of sp³-hybridized carbons (Fsp3) is 0.0455. The van der Waals surface area contributed by atoms with Crippen LogP contribution in [0.1, 0.15) is 11.1 Å². The van der Waals surface area contributed by atoms with E-state index >= 15 is 0 Å². The van der Waals surface area contributed by atoms with E-state index in [1.54, 1.807) is 0 Å². The van der Waals surface area contributed by atoms with Gasteiger partial charge in [-0.3, -0.25) is 4.79 Å². The van der Waals surface area contributed by atoms with Crippen LogP contribution in [0.25, 0.3) is 33.5 Å². The van der Waals surface area contributed by atoms with E-state index in [2.05, 4.69) is 59.4 Å². The summed E-state index contributed by atoms with van der Waals surface area (Å²) in [7, 11) is 2.09. The SMILES string of the molecule is Cn1c2ccccc2c2cc(C=C3C(=O)Nc4ccccc43)ccc21.